The third-order valence-electron chi connectivity index (χ3n) is 6.24. The highest BCUT2D eigenvalue weighted by atomic mass is 16.5. The molecular formula is C26H37N5O4. The lowest BCUT2D eigenvalue weighted by atomic mass is 9.93. The maximum atomic E-state index is 12.5. The lowest BCUT2D eigenvalue weighted by molar-refractivity contribution is 0.0947. The average molecular weight is 484 g/mol. The SMILES string of the molecule is COc1ccc(C(=O)NCCC2CCN(CCNC(=O)Nc3cc(C)nc(C)c3)CC2)cc1OC. The zero-order valence-corrected chi connectivity index (χ0v) is 21.1. The minimum absolute atomic E-state index is 0.107. The smallest absolute Gasteiger partial charge is 0.319 e. The van der Waals surface area contributed by atoms with E-state index in [0.29, 0.717) is 36.1 Å². The summed E-state index contributed by atoms with van der Waals surface area (Å²) in [4.78, 5) is 31.3. The monoisotopic (exact) mass is 483 g/mol. The fraction of sp³-hybridized carbons (Fsp3) is 0.500. The Balaban J connectivity index is 1.30. The summed E-state index contributed by atoms with van der Waals surface area (Å²) < 4.78 is 10.5. The van der Waals surface area contributed by atoms with Crippen LogP contribution in [0.25, 0.3) is 0 Å². The quantitative estimate of drug-likeness (QED) is 0.479. The Kier molecular flexibility index (Phi) is 9.72. The highest BCUT2D eigenvalue weighted by Gasteiger charge is 2.19. The average Bonchev–Trinajstić information content (AvgIpc) is 2.83. The van der Waals surface area contributed by atoms with Crippen LogP contribution in [0.1, 0.15) is 41.0 Å². The standard InChI is InChI=1S/C26H37N5O4/c1-18-15-22(16-19(2)29-18)30-26(33)28-11-14-31-12-8-20(9-13-31)7-10-27-25(32)21-5-6-23(34-3)24(17-21)35-4/h5-6,15-17,20H,7-14H2,1-4H3,(H,27,32)(H2,28,29,30,33). The highest BCUT2D eigenvalue weighted by molar-refractivity contribution is 5.94. The number of anilines is 1. The van der Waals surface area contributed by atoms with Crippen molar-refractivity contribution in [2.24, 2.45) is 5.92 Å². The molecule has 3 rings (SSSR count). The van der Waals surface area contributed by atoms with E-state index in [1.54, 1.807) is 32.4 Å². The number of hydrogen-bond donors (Lipinski definition) is 3. The number of methoxy groups -OCH3 is 2. The minimum atomic E-state index is -0.199. The maximum Gasteiger partial charge on any atom is 0.319 e. The van der Waals surface area contributed by atoms with Crippen LogP contribution in [0.2, 0.25) is 0 Å². The number of urea groups is 1. The van der Waals surface area contributed by atoms with E-state index in [1.165, 1.54) is 0 Å². The topological polar surface area (TPSA) is 105 Å². The van der Waals surface area contributed by atoms with Crippen molar-refractivity contribution in [2.45, 2.75) is 33.1 Å². The summed E-state index contributed by atoms with van der Waals surface area (Å²) in [5.74, 6) is 1.63. The van der Waals surface area contributed by atoms with Crippen LogP contribution in [0.15, 0.2) is 30.3 Å². The molecule has 0 spiro atoms. The Morgan fingerprint density at radius 2 is 1.66 bits per heavy atom. The molecule has 0 aliphatic carbocycles. The molecule has 1 aromatic carbocycles. The lowest BCUT2D eigenvalue weighted by Gasteiger charge is -2.32. The van der Waals surface area contributed by atoms with Gasteiger partial charge in [-0.3, -0.25) is 9.78 Å². The van der Waals surface area contributed by atoms with Gasteiger partial charge in [-0.2, -0.15) is 0 Å². The van der Waals surface area contributed by atoms with Crippen molar-refractivity contribution in [2.75, 3.05) is 52.3 Å². The molecule has 1 saturated heterocycles. The fourth-order valence-corrected chi connectivity index (χ4v) is 4.38. The molecule has 0 saturated carbocycles. The van der Waals surface area contributed by atoms with Crippen LogP contribution < -0.4 is 25.4 Å². The van der Waals surface area contributed by atoms with Gasteiger partial charge >= 0.3 is 6.03 Å². The van der Waals surface area contributed by atoms with E-state index in [2.05, 4.69) is 25.8 Å². The predicted octanol–water partition coefficient (Wildman–Crippen LogP) is 3.37. The summed E-state index contributed by atoms with van der Waals surface area (Å²) in [6, 6.07) is 8.68. The number of hydrogen-bond acceptors (Lipinski definition) is 6. The summed E-state index contributed by atoms with van der Waals surface area (Å²) in [5.41, 5.74) is 3.07. The van der Waals surface area contributed by atoms with Crippen molar-refractivity contribution in [1.29, 1.82) is 0 Å². The first kappa shape index (κ1) is 26.3. The van der Waals surface area contributed by atoms with Crippen LogP contribution in [0, 0.1) is 19.8 Å². The number of aryl methyl sites for hydroxylation is 2. The van der Waals surface area contributed by atoms with E-state index < -0.39 is 0 Å². The third-order valence-corrected chi connectivity index (χ3v) is 6.24. The number of rotatable bonds is 10. The second-order valence-corrected chi connectivity index (χ2v) is 8.92. The van der Waals surface area contributed by atoms with Crippen molar-refractivity contribution < 1.29 is 19.1 Å². The van der Waals surface area contributed by atoms with Gasteiger partial charge in [0.15, 0.2) is 11.5 Å². The van der Waals surface area contributed by atoms with E-state index in [0.717, 1.165) is 56.0 Å². The van der Waals surface area contributed by atoms with Crippen molar-refractivity contribution in [3.05, 3.63) is 47.3 Å². The summed E-state index contributed by atoms with van der Waals surface area (Å²) in [5, 5.41) is 8.81. The molecule has 3 N–H and O–H groups in total. The number of amides is 3. The first-order valence-electron chi connectivity index (χ1n) is 12.1. The van der Waals surface area contributed by atoms with Crippen LogP contribution in [0.4, 0.5) is 10.5 Å². The summed E-state index contributed by atoms with van der Waals surface area (Å²) in [7, 11) is 3.13. The molecule has 9 nitrogen and oxygen atoms in total. The van der Waals surface area contributed by atoms with Crippen molar-refractivity contribution in [3.8, 4) is 11.5 Å². The third kappa shape index (κ3) is 8.13. The van der Waals surface area contributed by atoms with Crippen LogP contribution in [-0.2, 0) is 0 Å². The summed E-state index contributed by atoms with van der Waals surface area (Å²) >= 11 is 0. The van der Waals surface area contributed by atoms with Gasteiger partial charge in [-0.15, -0.1) is 0 Å². The van der Waals surface area contributed by atoms with E-state index in [-0.39, 0.29) is 11.9 Å². The zero-order chi connectivity index (χ0) is 25.2. The van der Waals surface area contributed by atoms with E-state index >= 15 is 0 Å². The number of ether oxygens (including phenoxy) is 2. The zero-order valence-electron chi connectivity index (χ0n) is 21.1. The first-order chi connectivity index (χ1) is 16.9. The van der Waals surface area contributed by atoms with Gasteiger partial charge in [0.25, 0.3) is 5.91 Å². The van der Waals surface area contributed by atoms with Gasteiger partial charge in [0, 0.05) is 42.3 Å². The number of nitrogens with zero attached hydrogens (tertiary/aromatic N) is 2. The van der Waals surface area contributed by atoms with Gasteiger partial charge < -0.3 is 30.3 Å². The number of nitrogens with one attached hydrogen (secondary N) is 3. The van der Waals surface area contributed by atoms with Gasteiger partial charge in [-0.25, -0.2) is 4.79 Å². The van der Waals surface area contributed by atoms with Crippen LogP contribution >= 0.6 is 0 Å². The number of piperidine rings is 1. The minimum Gasteiger partial charge on any atom is -0.493 e. The van der Waals surface area contributed by atoms with Crippen molar-refractivity contribution in [1.82, 2.24) is 20.5 Å². The van der Waals surface area contributed by atoms with Crippen LogP contribution in [-0.4, -0.2) is 68.8 Å². The van der Waals surface area contributed by atoms with Crippen LogP contribution in [0.3, 0.4) is 0 Å². The molecule has 1 aromatic heterocycles. The van der Waals surface area contributed by atoms with Gasteiger partial charge in [0.1, 0.15) is 0 Å². The molecule has 1 aliphatic rings. The molecule has 1 aliphatic heterocycles. The Morgan fingerprint density at radius 1 is 0.971 bits per heavy atom. The molecule has 0 bridgehead atoms. The van der Waals surface area contributed by atoms with Gasteiger partial charge in [0.05, 0.1) is 14.2 Å². The largest absolute Gasteiger partial charge is 0.493 e. The molecule has 190 valence electrons. The molecule has 2 heterocycles. The van der Waals surface area contributed by atoms with Crippen LogP contribution in [0.5, 0.6) is 11.5 Å². The fourth-order valence-electron chi connectivity index (χ4n) is 4.38. The summed E-state index contributed by atoms with van der Waals surface area (Å²) in [6.07, 6.45) is 3.14. The Morgan fingerprint density at radius 3 is 2.31 bits per heavy atom. The molecule has 3 amide bonds. The molecule has 9 heteroatoms. The van der Waals surface area contributed by atoms with Gasteiger partial charge in [0.2, 0.25) is 0 Å². The maximum absolute atomic E-state index is 12.5. The highest BCUT2D eigenvalue weighted by Crippen LogP contribution is 2.27. The number of pyridine rings is 1. The Hall–Kier alpha value is -3.33. The van der Waals surface area contributed by atoms with Gasteiger partial charge in [-0.05, 0) is 82.4 Å². The van der Waals surface area contributed by atoms with E-state index in [1.807, 2.05) is 26.0 Å². The number of likely N-dealkylation sites (tertiary alicyclic amines) is 1. The Labute approximate surface area is 207 Å². The first-order valence-corrected chi connectivity index (χ1v) is 12.1. The molecule has 1 fully saturated rings. The number of carbonyl (C=O) groups is 2. The molecular weight excluding hydrogens is 446 g/mol. The number of aromatic nitrogens is 1. The van der Waals surface area contributed by atoms with E-state index in [4.69, 9.17) is 9.47 Å². The Bertz CT molecular complexity index is 985. The number of benzene rings is 1. The number of carbonyl (C=O) groups excluding carboxylic acids is 2. The molecule has 0 unspecified atom stereocenters. The van der Waals surface area contributed by atoms with Crippen molar-refractivity contribution in [3.63, 3.8) is 0 Å². The lowest BCUT2D eigenvalue weighted by Crippen LogP contribution is -2.41. The van der Waals surface area contributed by atoms with E-state index in [9.17, 15) is 9.59 Å². The molecule has 35 heavy (non-hydrogen) atoms. The predicted molar refractivity (Wildman–Crippen MR) is 136 cm³/mol. The molecule has 0 radical (unpaired) electrons. The second-order valence-electron chi connectivity index (χ2n) is 8.92. The molecule has 0 atom stereocenters. The van der Waals surface area contributed by atoms with Crippen molar-refractivity contribution >= 4 is 17.6 Å². The summed E-state index contributed by atoms with van der Waals surface area (Å²) in [6.45, 7) is 7.89. The second kappa shape index (κ2) is 12.9. The normalized spacial score (nSPS) is 14.3. The van der Waals surface area contributed by atoms with Gasteiger partial charge in [-0.1, -0.05) is 0 Å². The molecule has 2 aromatic rings.